The molecule has 0 saturated heterocycles. The Balaban J connectivity index is 1.47. The molecular formula is C28H36N4O4. The van der Waals surface area contributed by atoms with Crippen LogP contribution in [0.25, 0.3) is 0 Å². The highest BCUT2D eigenvalue weighted by Gasteiger charge is 2.27. The summed E-state index contributed by atoms with van der Waals surface area (Å²) in [7, 11) is 1.61. The Hall–Kier alpha value is -3.42. The quantitative estimate of drug-likeness (QED) is 0.267. The molecule has 3 aromatic rings. The van der Waals surface area contributed by atoms with Gasteiger partial charge < -0.3 is 14.2 Å². The fourth-order valence-electron chi connectivity index (χ4n) is 4.98. The molecule has 0 bridgehead atoms. The molecule has 0 amide bonds. The summed E-state index contributed by atoms with van der Waals surface area (Å²) in [5, 5.41) is 14.5. The number of methoxy groups -OCH3 is 1. The number of ether oxygens (including phenoxy) is 3. The standard InChI is InChI=1S/C28H36N4O4/c1-5-8-22-19(11-12-20-13-15-25(36-26(20)22)28-29-31-32-30-28)10-7-17-35-24-16-14-21(18(3)33)27(34-4)23(24)9-6-2/h11-12,14,16,25H,5-10,13,15,17H2,1-4H3,(H,29,30,31,32). The first-order valence-corrected chi connectivity index (χ1v) is 12.9. The van der Waals surface area contributed by atoms with E-state index in [1.807, 2.05) is 6.07 Å². The third-order valence-electron chi connectivity index (χ3n) is 6.67. The van der Waals surface area contributed by atoms with Crippen molar-refractivity contribution in [2.45, 2.75) is 78.2 Å². The van der Waals surface area contributed by atoms with E-state index in [0.29, 0.717) is 23.7 Å². The Bertz CT molecular complexity index is 1180. The molecule has 1 aliphatic rings. The van der Waals surface area contributed by atoms with Crippen LogP contribution in [0.1, 0.15) is 91.0 Å². The summed E-state index contributed by atoms with van der Waals surface area (Å²) in [5.74, 6) is 3.02. The molecule has 1 unspecified atom stereocenters. The Morgan fingerprint density at radius 2 is 1.92 bits per heavy atom. The number of hydrogen-bond acceptors (Lipinski definition) is 7. The lowest BCUT2D eigenvalue weighted by molar-refractivity contribution is 0.101. The van der Waals surface area contributed by atoms with Gasteiger partial charge in [-0.1, -0.05) is 44.0 Å². The van der Waals surface area contributed by atoms with E-state index in [9.17, 15) is 4.79 Å². The van der Waals surface area contributed by atoms with Crippen molar-refractivity contribution in [3.05, 3.63) is 57.9 Å². The fourth-order valence-corrected chi connectivity index (χ4v) is 4.98. The zero-order valence-electron chi connectivity index (χ0n) is 21.7. The first kappa shape index (κ1) is 25.7. The Labute approximate surface area is 212 Å². The number of Topliss-reactive ketones (excluding diaryl/α,β-unsaturated/α-hetero) is 1. The zero-order chi connectivity index (χ0) is 25.5. The average molecular weight is 493 g/mol. The topological polar surface area (TPSA) is 99.2 Å². The van der Waals surface area contributed by atoms with Crippen LogP contribution in [0.4, 0.5) is 0 Å². The molecule has 0 fully saturated rings. The molecular weight excluding hydrogens is 456 g/mol. The number of hydrogen-bond donors (Lipinski definition) is 1. The summed E-state index contributed by atoms with van der Waals surface area (Å²) in [4.78, 5) is 12.0. The van der Waals surface area contributed by atoms with Crippen molar-refractivity contribution in [2.24, 2.45) is 0 Å². The number of H-pyrrole nitrogens is 1. The van der Waals surface area contributed by atoms with E-state index < -0.39 is 0 Å². The molecule has 0 aliphatic carbocycles. The SMILES string of the molecule is CCCc1c(CCCOc2ccc(C(C)=O)c(OC)c2CCC)ccc2c1OC(c1nn[nH]n1)CC2. The van der Waals surface area contributed by atoms with Gasteiger partial charge >= 0.3 is 0 Å². The molecule has 0 saturated carbocycles. The van der Waals surface area contributed by atoms with Gasteiger partial charge in [0.15, 0.2) is 11.9 Å². The monoisotopic (exact) mass is 492 g/mol. The molecule has 4 rings (SSSR count). The van der Waals surface area contributed by atoms with Crippen LogP contribution in [0, 0.1) is 0 Å². The number of rotatable bonds is 12. The number of fused-ring (bicyclic) bond motifs is 1. The first-order valence-electron chi connectivity index (χ1n) is 12.9. The smallest absolute Gasteiger partial charge is 0.214 e. The fraction of sp³-hybridized carbons (Fsp3) is 0.500. The van der Waals surface area contributed by atoms with E-state index in [1.54, 1.807) is 20.1 Å². The molecule has 1 atom stereocenters. The lowest BCUT2D eigenvalue weighted by Crippen LogP contribution is -2.18. The number of aromatic nitrogens is 4. The van der Waals surface area contributed by atoms with E-state index in [4.69, 9.17) is 14.2 Å². The molecule has 8 nitrogen and oxygen atoms in total. The van der Waals surface area contributed by atoms with Crippen LogP contribution in [0.2, 0.25) is 0 Å². The minimum atomic E-state index is -0.171. The Kier molecular flexibility index (Phi) is 8.57. The van der Waals surface area contributed by atoms with E-state index >= 15 is 0 Å². The predicted octanol–water partition coefficient (Wildman–Crippen LogP) is 5.39. The number of carbonyl (C=O) groups is 1. The van der Waals surface area contributed by atoms with Crippen LogP contribution in [-0.4, -0.2) is 40.1 Å². The van der Waals surface area contributed by atoms with Crippen molar-refractivity contribution in [2.75, 3.05) is 13.7 Å². The van der Waals surface area contributed by atoms with E-state index in [-0.39, 0.29) is 11.9 Å². The molecule has 1 N–H and O–H groups in total. The van der Waals surface area contributed by atoms with E-state index in [1.165, 1.54) is 16.7 Å². The highest BCUT2D eigenvalue weighted by Crippen LogP contribution is 2.39. The lowest BCUT2D eigenvalue weighted by Gasteiger charge is -2.27. The van der Waals surface area contributed by atoms with Gasteiger partial charge in [0.2, 0.25) is 5.82 Å². The predicted molar refractivity (Wildman–Crippen MR) is 137 cm³/mol. The van der Waals surface area contributed by atoms with Crippen LogP contribution in [0.15, 0.2) is 24.3 Å². The summed E-state index contributed by atoms with van der Waals surface area (Å²) in [6, 6.07) is 8.14. The van der Waals surface area contributed by atoms with Crippen LogP contribution in [0.5, 0.6) is 17.2 Å². The molecule has 36 heavy (non-hydrogen) atoms. The second kappa shape index (κ2) is 12.0. The van der Waals surface area contributed by atoms with Crippen LogP contribution in [-0.2, 0) is 25.7 Å². The highest BCUT2D eigenvalue weighted by molar-refractivity contribution is 5.97. The van der Waals surface area contributed by atoms with Crippen molar-refractivity contribution in [3.8, 4) is 17.2 Å². The van der Waals surface area contributed by atoms with E-state index in [0.717, 1.165) is 68.4 Å². The molecule has 192 valence electrons. The van der Waals surface area contributed by atoms with Crippen LogP contribution < -0.4 is 14.2 Å². The van der Waals surface area contributed by atoms with Gasteiger partial charge in [-0.2, -0.15) is 5.21 Å². The minimum absolute atomic E-state index is 0.00425. The maximum atomic E-state index is 12.0. The third-order valence-corrected chi connectivity index (χ3v) is 6.67. The average Bonchev–Trinajstić information content (AvgIpc) is 3.43. The number of nitrogens with one attached hydrogen (secondary N) is 1. The van der Waals surface area contributed by atoms with Gasteiger partial charge in [0.1, 0.15) is 17.2 Å². The van der Waals surface area contributed by atoms with Crippen molar-refractivity contribution < 1.29 is 19.0 Å². The molecule has 1 aromatic heterocycles. The van der Waals surface area contributed by atoms with Crippen molar-refractivity contribution in [1.82, 2.24) is 20.6 Å². The van der Waals surface area contributed by atoms with Gasteiger partial charge in [-0.15, -0.1) is 10.2 Å². The van der Waals surface area contributed by atoms with Gasteiger partial charge in [0.05, 0.1) is 19.3 Å². The number of aromatic amines is 1. The number of carbonyl (C=O) groups excluding carboxylic acids is 1. The summed E-state index contributed by atoms with van der Waals surface area (Å²) in [6.45, 7) is 6.45. The number of ketones is 1. The Morgan fingerprint density at radius 1 is 1.11 bits per heavy atom. The van der Waals surface area contributed by atoms with Gasteiger partial charge in [0.25, 0.3) is 0 Å². The molecule has 2 aromatic carbocycles. The Morgan fingerprint density at radius 3 is 2.61 bits per heavy atom. The summed E-state index contributed by atoms with van der Waals surface area (Å²) in [6.07, 6.45) is 7.11. The third kappa shape index (κ3) is 5.53. The molecule has 1 aliphatic heterocycles. The second-order valence-electron chi connectivity index (χ2n) is 9.24. The van der Waals surface area contributed by atoms with Gasteiger partial charge in [-0.05, 0) is 74.3 Å². The van der Waals surface area contributed by atoms with Crippen LogP contribution >= 0.6 is 0 Å². The maximum absolute atomic E-state index is 12.0. The highest BCUT2D eigenvalue weighted by atomic mass is 16.5. The zero-order valence-corrected chi connectivity index (χ0v) is 21.7. The molecule has 2 heterocycles. The summed E-state index contributed by atoms with van der Waals surface area (Å²) in [5.41, 5.74) is 5.40. The summed E-state index contributed by atoms with van der Waals surface area (Å²) < 4.78 is 18.2. The van der Waals surface area contributed by atoms with E-state index in [2.05, 4.69) is 46.6 Å². The maximum Gasteiger partial charge on any atom is 0.214 e. The lowest BCUT2D eigenvalue weighted by atomic mass is 9.91. The second-order valence-corrected chi connectivity index (χ2v) is 9.24. The first-order chi connectivity index (χ1) is 17.6. The van der Waals surface area contributed by atoms with Gasteiger partial charge in [-0.25, -0.2) is 0 Å². The molecule has 8 heteroatoms. The number of aryl methyl sites for hydroxylation is 2. The summed E-state index contributed by atoms with van der Waals surface area (Å²) >= 11 is 0. The van der Waals surface area contributed by atoms with Crippen molar-refractivity contribution >= 4 is 5.78 Å². The molecule has 0 radical (unpaired) electrons. The number of tetrazole rings is 1. The minimum Gasteiger partial charge on any atom is -0.496 e. The normalized spacial score (nSPS) is 14.7. The van der Waals surface area contributed by atoms with Crippen molar-refractivity contribution in [3.63, 3.8) is 0 Å². The van der Waals surface area contributed by atoms with Crippen LogP contribution in [0.3, 0.4) is 0 Å². The largest absolute Gasteiger partial charge is 0.496 e. The van der Waals surface area contributed by atoms with Gasteiger partial charge in [-0.3, -0.25) is 4.79 Å². The molecule has 0 spiro atoms. The number of nitrogens with zero attached hydrogens (tertiary/aromatic N) is 3. The van der Waals surface area contributed by atoms with Gasteiger partial charge in [0, 0.05) is 5.56 Å². The van der Waals surface area contributed by atoms with Crippen molar-refractivity contribution in [1.29, 1.82) is 0 Å². The number of benzene rings is 2.